The largest absolute Gasteiger partial charge is 0.454 e. The van der Waals surface area contributed by atoms with Crippen LogP contribution in [0.4, 0.5) is 10.1 Å². The molecule has 7 heteroatoms. The SMILES string of the molecule is Cc1cc(C(=O)OCC(=O)c2ccc(F)cc2)ccc1[N+](=O)[O-]. The van der Waals surface area contributed by atoms with Crippen molar-refractivity contribution in [3.05, 3.63) is 75.1 Å². The number of hydrogen-bond donors (Lipinski definition) is 0. The van der Waals surface area contributed by atoms with E-state index in [2.05, 4.69) is 0 Å². The molecule has 0 fully saturated rings. The quantitative estimate of drug-likeness (QED) is 0.366. The van der Waals surface area contributed by atoms with Gasteiger partial charge in [-0.05, 0) is 43.3 Å². The van der Waals surface area contributed by atoms with E-state index in [4.69, 9.17) is 4.74 Å². The Hall–Kier alpha value is -3.09. The molecular formula is C16H12FNO5. The fourth-order valence-electron chi connectivity index (χ4n) is 1.92. The summed E-state index contributed by atoms with van der Waals surface area (Å²) in [5.41, 5.74) is 0.539. The fraction of sp³-hybridized carbons (Fsp3) is 0.125. The number of nitro groups is 1. The summed E-state index contributed by atoms with van der Waals surface area (Å²) in [5, 5.41) is 10.7. The molecule has 118 valence electrons. The lowest BCUT2D eigenvalue weighted by Crippen LogP contribution is -2.14. The minimum atomic E-state index is -0.765. The summed E-state index contributed by atoms with van der Waals surface area (Å²) >= 11 is 0. The van der Waals surface area contributed by atoms with Crippen molar-refractivity contribution in [1.29, 1.82) is 0 Å². The van der Waals surface area contributed by atoms with E-state index in [1.807, 2.05) is 0 Å². The first-order valence-corrected chi connectivity index (χ1v) is 6.59. The Bertz CT molecular complexity index is 771. The number of ketones is 1. The van der Waals surface area contributed by atoms with Crippen LogP contribution in [0, 0.1) is 22.9 Å². The molecule has 0 aromatic heterocycles. The molecule has 2 aromatic carbocycles. The second-order valence-electron chi connectivity index (χ2n) is 4.76. The zero-order valence-corrected chi connectivity index (χ0v) is 12.1. The van der Waals surface area contributed by atoms with Crippen LogP contribution in [0.2, 0.25) is 0 Å². The minimum absolute atomic E-state index is 0.107. The number of rotatable bonds is 5. The van der Waals surface area contributed by atoms with Gasteiger partial charge in [-0.15, -0.1) is 0 Å². The molecule has 0 saturated heterocycles. The first kappa shape index (κ1) is 16.3. The Balaban J connectivity index is 2.02. The number of benzene rings is 2. The lowest BCUT2D eigenvalue weighted by atomic mass is 10.1. The molecule has 0 saturated carbocycles. The van der Waals surface area contributed by atoms with Gasteiger partial charge in [0.05, 0.1) is 10.5 Å². The molecule has 0 aliphatic heterocycles. The molecule has 0 atom stereocenters. The highest BCUT2D eigenvalue weighted by Crippen LogP contribution is 2.19. The highest BCUT2D eigenvalue weighted by Gasteiger charge is 2.16. The number of hydrogen-bond acceptors (Lipinski definition) is 5. The van der Waals surface area contributed by atoms with Gasteiger partial charge in [-0.2, -0.15) is 0 Å². The standard InChI is InChI=1S/C16H12FNO5/c1-10-8-12(4-7-14(10)18(21)22)16(20)23-9-15(19)11-2-5-13(17)6-3-11/h2-8H,9H2,1H3. The Morgan fingerprint density at radius 2 is 1.74 bits per heavy atom. The van der Waals surface area contributed by atoms with Gasteiger partial charge in [0.25, 0.3) is 5.69 Å². The summed E-state index contributed by atoms with van der Waals surface area (Å²) in [6.45, 7) is 0.999. The molecule has 0 heterocycles. The van der Waals surface area contributed by atoms with Crippen molar-refractivity contribution in [1.82, 2.24) is 0 Å². The number of aryl methyl sites for hydroxylation is 1. The first-order valence-electron chi connectivity index (χ1n) is 6.59. The maximum Gasteiger partial charge on any atom is 0.338 e. The van der Waals surface area contributed by atoms with E-state index >= 15 is 0 Å². The summed E-state index contributed by atoms with van der Waals surface area (Å²) in [7, 11) is 0. The topological polar surface area (TPSA) is 86.5 Å². The number of carbonyl (C=O) groups excluding carboxylic acids is 2. The molecule has 0 aliphatic carbocycles. The van der Waals surface area contributed by atoms with Crippen LogP contribution in [0.1, 0.15) is 26.3 Å². The van der Waals surface area contributed by atoms with Gasteiger partial charge >= 0.3 is 5.97 Å². The maximum atomic E-state index is 12.8. The van der Waals surface area contributed by atoms with Crippen LogP contribution in [0.3, 0.4) is 0 Å². The van der Waals surface area contributed by atoms with Crippen LogP contribution >= 0.6 is 0 Å². The zero-order valence-electron chi connectivity index (χ0n) is 12.1. The van der Waals surface area contributed by atoms with E-state index in [1.165, 1.54) is 37.3 Å². The second kappa shape index (κ2) is 6.78. The van der Waals surface area contributed by atoms with Gasteiger partial charge in [0, 0.05) is 17.2 Å². The van der Waals surface area contributed by atoms with Crippen LogP contribution in [0.5, 0.6) is 0 Å². The maximum absolute atomic E-state index is 12.8. The average Bonchev–Trinajstić information content (AvgIpc) is 2.52. The van der Waals surface area contributed by atoms with Gasteiger partial charge in [-0.1, -0.05) is 0 Å². The smallest absolute Gasteiger partial charge is 0.338 e. The third-order valence-electron chi connectivity index (χ3n) is 3.13. The molecular weight excluding hydrogens is 305 g/mol. The second-order valence-corrected chi connectivity index (χ2v) is 4.76. The van der Waals surface area contributed by atoms with E-state index in [0.29, 0.717) is 5.56 Å². The number of Topliss-reactive ketones (excluding diaryl/α,β-unsaturated/α-hetero) is 1. The number of nitrogens with zero attached hydrogens (tertiary/aromatic N) is 1. The van der Waals surface area contributed by atoms with Crippen LogP contribution in [-0.4, -0.2) is 23.3 Å². The predicted molar refractivity (Wildman–Crippen MR) is 78.8 cm³/mol. The van der Waals surface area contributed by atoms with Gasteiger partial charge in [0.2, 0.25) is 0 Å². The fourth-order valence-corrected chi connectivity index (χ4v) is 1.92. The lowest BCUT2D eigenvalue weighted by molar-refractivity contribution is -0.385. The van der Waals surface area contributed by atoms with Gasteiger partial charge < -0.3 is 4.74 Å². The molecule has 0 radical (unpaired) electrons. The van der Waals surface area contributed by atoms with Gasteiger partial charge in [0.15, 0.2) is 12.4 Å². The summed E-state index contributed by atoms with van der Waals surface area (Å²) in [6, 6.07) is 8.64. The van der Waals surface area contributed by atoms with Crippen molar-refractivity contribution in [2.75, 3.05) is 6.61 Å². The van der Waals surface area contributed by atoms with Gasteiger partial charge in [-0.25, -0.2) is 9.18 Å². The number of nitro benzene ring substituents is 1. The molecule has 2 rings (SSSR count). The van der Waals surface area contributed by atoms with Crippen molar-refractivity contribution in [2.45, 2.75) is 6.92 Å². The summed E-state index contributed by atoms with van der Waals surface area (Å²) in [6.07, 6.45) is 0. The Kier molecular flexibility index (Phi) is 4.80. The summed E-state index contributed by atoms with van der Waals surface area (Å²) in [5.74, 6) is -1.71. The van der Waals surface area contributed by atoms with Crippen molar-refractivity contribution in [2.24, 2.45) is 0 Å². The van der Waals surface area contributed by atoms with Crippen molar-refractivity contribution < 1.29 is 23.6 Å². The highest BCUT2D eigenvalue weighted by atomic mass is 19.1. The number of ether oxygens (including phenoxy) is 1. The third kappa shape index (κ3) is 3.97. The molecule has 6 nitrogen and oxygen atoms in total. The van der Waals surface area contributed by atoms with Crippen molar-refractivity contribution in [3.63, 3.8) is 0 Å². The molecule has 0 unspecified atom stereocenters. The normalized spacial score (nSPS) is 10.2. The van der Waals surface area contributed by atoms with E-state index in [-0.39, 0.29) is 16.8 Å². The van der Waals surface area contributed by atoms with Crippen molar-refractivity contribution in [3.8, 4) is 0 Å². The van der Waals surface area contributed by atoms with Gasteiger partial charge in [-0.3, -0.25) is 14.9 Å². The average molecular weight is 317 g/mol. The summed E-state index contributed by atoms with van der Waals surface area (Å²) < 4.78 is 17.6. The first-order chi connectivity index (χ1) is 10.9. The van der Waals surface area contributed by atoms with E-state index in [1.54, 1.807) is 0 Å². The number of carbonyl (C=O) groups is 2. The minimum Gasteiger partial charge on any atom is -0.454 e. The Morgan fingerprint density at radius 1 is 1.13 bits per heavy atom. The van der Waals surface area contributed by atoms with E-state index in [9.17, 15) is 24.1 Å². The number of halogens is 1. The molecule has 0 bridgehead atoms. The third-order valence-corrected chi connectivity index (χ3v) is 3.13. The molecule has 2 aromatic rings. The van der Waals surface area contributed by atoms with Crippen LogP contribution in [-0.2, 0) is 4.74 Å². The lowest BCUT2D eigenvalue weighted by Gasteiger charge is -2.05. The highest BCUT2D eigenvalue weighted by molar-refractivity contribution is 5.99. The molecule has 0 aliphatic rings. The Morgan fingerprint density at radius 3 is 2.30 bits per heavy atom. The molecule has 0 amide bonds. The zero-order chi connectivity index (χ0) is 17.0. The van der Waals surface area contributed by atoms with Crippen LogP contribution < -0.4 is 0 Å². The summed E-state index contributed by atoms with van der Waals surface area (Å²) in [4.78, 5) is 33.8. The predicted octanol–water partition coefficient (Wildman–Crippen LogP) is 3.08. The molecule has 0 N–H and O–H groups in total. The Labute approximate surface area is 130 Å². The molecule has 0 spiro atoms. The van der Waals surface area contributed by atoms with Crippen molar-refractivity contribution >= 4 is 17.4 Å². The van der Waals surface area contributed by atoms with Gasteiger partial charge in [0.1, 0.15) is 5.82 Å². The monoisotopic (exact) mass is 317 g/mol. The van der Waals surface area contributed by atoms with E-state index < -0.39 is 29.1 Å². The van der Waals surface area contributed by atoms with Crippen LogP contribution in [0.25, 0.3) is 0 Å². The molecule has 23 heavy (non-hydrogen) atoms. The van der Waals surface area contributed by atoms with Crippen LogP contribution in [0.15, 0.2) is 42.5 Å². The van der Waals surface area contributed by atoms with E-state index in [0.717, 1.165) is 12.1 Å². The number of esters is 1.